The van der Waals surface area contributed by atoms with E-state index in [-0.39, 0.29) is 6.23 Å². The topological polar surface area (TPSA) is 62.4 Å². The molecule has 1 atom stereocenters. The van der Waals surface area contributed by atoms with Crippen LogP contribution in [0.4, 0.5) is 11.5 Å². The largest absolute Gasteiger partial charge is 0.384 e. The molecule has 1 unspecified atom stereocenters. The van der Waals surface area contributed by atoms with Gasteiger partial charge in [-0.05, 0) is 25.3 Å². The summed E-state index contributed by atoms with van der Waals surface area (Å²) in [5, 5.41) is 9.78. The van der Waals surface area contributed by atoms with E-state index in [1.54, 1.807) is 12.3 Å². The average Bonchev–Trinajstić information content (AvgIpc) is 2.18. The van der Waals surface area contributed by atoms with Crippen molar-refractivity contribution in [3.05, 3.63) is 18.3 Å². The van der Waals surface area contributed by atoms with Crippen LogP contribution in [0.25, 0.3) is 0 Å². The molecule has 1 aromatic rings. The summed E-state index contributed by atoms with van der Waals surface area (Å²) in [4.78, 5) is 5.90. The molecular formula is C10H15N3O. The van der Waals surface area contributed by atoms with Crippen LogP contribution in [0.2, 0.25) is 0 Å². The third-order valence-electron chi connectivity index (χ3n) is 2.57. The van der Waals surface area contributed by atoms with E-state index in [2.05, 4.69) is 4.98 Å². The van der Waals surface area contributed by atoms with E-state index in [4.69, 9.17) is 5.73 Å². The molecule has 0 aliphatic carbocycles. The van der Waals surface area contributed by atoms with E-state index < -0.39 is 0 Å². The summed E-state index contributed by atoms with van der Waals surface area (Å²) < 4.78 is 0. The second-order valence-corrected chi connectivity index (χ2v) is 3.61. The molecule has 1 aromatic heterocycles. The number of piperidine rings is 1. The van der Waals surface area contributed by atoms with Crippen LogP contribution in [0.5, 0.6) is 0 Å². The Balaban J connectivity index is 2.20. The number of anilines is 2. The van der Waals surface area contributed by atoms with Crippen LogP contribution in [0, 0.1) is 0 Å². The van der Waals surface area contributed by atoms with Gasteiger partial charge in [0.1, 0.15) is 12.0 Å². The van der Waals surface area contributed by atoms with Gasteiger partial charge in [0.15, 0.2) is 0 Å². The Bertz CT molecular complexity index is 316. The van der Waals surface area contributed by atoms with Crippen LogP contribution in [-0.4, -0.2) is 22.9 Å². The zero-order chi connectivity index (χ0) is 9.97. The number of pyridine rings is 1. The zero-order valence-corrected chi connectivity index (χ0v) is 8.06. The highest BCUT2D eigenvalue weighted by Gasteiger charge is 2.19. The van der Waals surface area contributed by atoms with E-state index in [9.17, 15) is 5.11 Å². The minimum atomic E-state index is -0.370. The fraction of sp³-hybridized carbons (Fsp3) is 0.500. The quantitative estimate of drug-likeness (QED) is 0.697. The summed E-state index contributed by atoms with van der Waals surface area (Å²) in [5.41, 5.74) is 6.55. The van der Waals surface area contributed by atoms with Crippen molar-refractivity contribution in [2.24, 2.45) is 0 Å². The molecule has 0 amide bonds. The first-order chi connectivity index (χ1) is 6.77. The maximum Gasteiger partial charge on any atom is 0.126 e. The van der Waals surface area contributed by atoms with E-state index in [0.717, 1.165) is 31.5 Å². The lowest BCUT2D eigenvalue weighted by Crippen LogP contribution is -2.39. The van der Waals surface area contributed by atoms with Crippen molar-refractivity contribution in [1.82, 2.24) is 4.98 Å². The monoisotopic (exact) mass is 193 g/mol. The summed E-state index contributed by atoms with van der Waals surface area (Å²) in [6, 6.07) is 3.68. The predicted molar refractivity (Wildman–Crippen MR) is 55.9 cm³/mol. The van der Waals surface area contributed by atoms with Crippen LogP contribution in [0.1, 0.15) is 19.3 Å². The van der Waals surface area contributed by atoms with Crippen molar-refractivity contribution in [3.63, 3.8) is 0 Å². The Kier molecular flexibility index (Phi) is 2.54. The van der Waals surface area contributed by atoms with Crippen molar-refractivity contribution >= 4 is 11.5 Å². The molecule has 1 fully saturated rings. The van der Waals surface area contributed by atoms with Gasteiger partial charge in [0.05, 0.1) is 0 Å². The van der Waals surface area contributed by atoms with Gasteiger partial charge in [0, 0.05) is 24.5 Å². The summed E-state index contributed by atoms with van der Waals surface area (Å²) in [5.74, 6) is 0.500. The van der Waals surface area contributed by atoms with E-state index in [0.29, 0.717) is 5.82 Å². The minimum Gasteiger partial charge on any atom is -0.384 e. The van der Waals surface area contributed by atoms with Gasteiger partial charge in [0.2, 0.25) is 0 Å². The van der Waals surface area contributed by atoms with Crippen molar-refractivity contribution in [3.8, 4) is 0 Å². The van der Waals surface area contributed by atoms with Gasteiger partial charge in [-0.25, -0.2) is 4.98 Å². The van der Waals surface area contributed by atoms with Gasteiger partial charge >= 0.3 is 0 Å². The van der Waals surface area contributed by atoms with E-state index >= 15 is 0 Å². The van der Waals surface area contributed by atoms with E-state index in [1.807, 2.05) is 11.0 Å². The number of aromatic nitrogens is 1. The minimum absolute atomic E-state index is 0.370. The standard InChI is InChI=1S/C10H15N3O/c11-9-7-8(4-5-12-9)13-6-2-1-3-10(13)14/h4-5,7,10,14H,1-3,6H2,(H2,11,12). The van der Waals surface area contributed by atoms with Crippen molar-refractivity contribution in [2.45, 2.75) is 25.5 Å². The first kappa shape index (κ1) is 9.27. The van der Waals surface area contributed by atoms with Gasteiger partial charge in [-0.2, -0.15) is 0 Å². The molecule has 3 N–H and O–H groups in total. The third-order valence-corrected chi connectivity index (χ3v) is 2.57. The van der Waals surface area contributed by atoms with Crippen LogP contribution in [-0.2, 0) is 0 Å². The summed E-state index contributed by atoms with van der Waals surface area (Å²) in [7, 11) is 0. The van der Waals surface area contributed by atoms with Crippen molar-refractivity contribution in [2.75, 3.05) is 17.2 Å². The molecule has 0 aromatic carbocycles. The molecule has 0 spiro atoms. The average molecular weight is 193 g/mol. The first-order valence-electron chi connectivity index (χ1n) is 4.93. The molecule has 4 heteroatoms. The normalized spacial score (nSPS) is 22.4. The van der Waals surface area contributed by atoms with Crippen LogP contribution in [0.3, 0.4) is 0 Å². The van der Waals surface area contributed by atoms with Gasteiger partial charge in [0.25, 0.3) is 0 Å². The molecule has 2 rings (SSSR count). The van der Waals surface area contributed by atoms with E-state index in [1.165, 1.54) is 0 Å². The van der Waals surface area contributed by atoms with Gasteiger partial charge < -0.3 is 15.7 Å². The number of nitrogens with zero attached hydrogens (tertiary/aromatic N) is 2. The van der Waals surface area contributed by atoms with Gasteiger partial charge in [-0.15, -0.1) is 0 Å². The molecule has 2 heterocycles. The Morgan fingerprint density at radius 3 is 3.07 bits per heavy atom. The molecule has 1 aliphatic rings. The summed E-state index contributed by atoms with van der Waals surface area (Å²) in [6.45, 7) is 0.893. The number of nitrogen functional groups attached to an aromatic ring is 1. The maximum atomic E-state index is 9.78. The SMILES string of the molecule is Nc1cc(N2CCCCC2O)ccn1. The molecule has 1 aliphatic heterocycles. The van der Waals surface area contributed by atoms with Gasteiger partial charge in [-0.3, -0.25) is 0 Å². The molecule has 0 saturated carbocycles. The van der Waals surface area contributed by atoms with Crippen LogP contribution >= 0.6 is 0 Å². The van der Waals surface area contributed by atoms with Crippen molar-refractivity contribution < 1.29 is 5.11 Å². The molecular weight excluding hydrogens is 178 g/mol. The predicted octanol–water partition coefficient (Wildman–Crippen LogP) is 0.973. The second kappa shape index (κ2) is 3.84. The van der Waals surface area contributed by atoms with Crippen LogP contribution in [0.15, 0.2) is 18.3 Å². The zero-order valence-electron chi connectivity index (χ0n) is 8.06. The smallest absolute Gasteiger partial charge is 0.126 e. The highest BCUT2D eigenvalue weighted by molar-refractivity contribution is 5.52. The fourth-order valence-corrected chi connectivity index (χ4v) is 1.83. The highest BCUT2D eigenvalue weighted by Crippen LogP contribution is 2.23. The number of aliphatic hydroxyl groups excluding tert-OH is 1. The van der Waals surface area contributed by atoms with Gasteiger partial charge in [-0.1, -0.05) is 0 Å². The molecule has 14 heavy (non-hydrogen) atoms. The maximum absolute atomic E-state index is 9.78. The summed E-state index contributed by atoms with van der Waals surface area (Å²) in [6.07, 6.45) is 4.36. The lowest BCUT2D eigenvalue weighted by Gasteiger charge is -2.33. The number of hydrogen-bond donors (Lipinski definition) is 2. The molecule has 4 nitrogen and oxygen atoms in total. The molecule has 1 saturated heterocycles. The third kappa shape index (κ3) is 1.80. The molecule has 76 valence electrons. The Morgan fingerprint density at radius 2 is 2.36 bits per heavy atom. The van der Waals surface area contributed by atoms with Crippen molar-refractivity contribution in [1.29, 1.82) is 0 Å². The highest BCUT2D eigenvalue weighted by atomic mass is 16.3. The summed E-state index contributed by atoms with van der Waals surface area (Å²) >= 11 is 0. The Hall–Kier alpha value is -1.29. The van der Waals surface area contributed by atoms with Crippen LogP contribution < -0.4 is 10.6 Å². The number of aliphatic hydroxyl groups is 1. The number of rotatable bonds is 1. The first-order valence-corrected chi connectivity index (χ1v) is 4.93. The number of nitrogens with two attached hydrogens (primary N) is 1. The lowest BCUT2D eigenvalue weighted by molar-refractivity contribution is 0.140. The molecule has 0 bridgehead atoms. The Labute approximate surface area is 83.4 Å². The molecule has 0 radical (unpaired) electrons. The number of hydrogen-bond acceptors (Lipinski definition) is 4. The lowest BCUT2D eigenvalue weighted by atomic mass is 10.1. The fourth-order valence-electron chi connectivity index (χ4n) is 1.83. The second-order valence-electron chi connectivity index (χ2n) is 3.61. The Morgan fingerprint density at radius 1 is 1.50 bits per heavy atom.